The average molecular weight is 341 g/mol. The fourth-order valence-electron chi connectivity index (χ4n) is 2.42. The van der Waals surface area contributed by atoms with Crippen molar-refractivity contribution in [2.45, 2.75) is 19.4 Å². The highest BCUT2D eigenvalue weighted by Crippen LogP contribution is 2.36. The standard InChI is InChI=1S/C16H18ClFN2O3/c1-4-19-9-7-12(20-13(8-9)16(21)23-3)10-5-6-11(17)15(22-2)14(10)18/h5-6,8,12,19H,4,7H2,1-3H3. The Morgan fingerprint density at radius 1 is 1.48 bits per heavy atom. The molecule has 1 atom stereocenters. The molecule has 0 aromatic heterocycles. The maximum atomic E-state index is 14.6. The molecule has 1 aromatic carbocycles. The van der Waals surface area contributed by atoms with Crippen molar-refractivity contribution >= 4 is 23.3 Å². The number of rotatable bonds is 5. The van der Waals surface area contributed by atoms with Gasteiger partial charge >= 0.3 is 5.97 Å². The third-order valence-corrected chi connectivity index (χ3v) is 3.76. The SMILES string of the molecule is CCNC1=CC(C(=O)OC)=NC(c2ccc(Cl)c(OC)c2F)C1. The molecule has 23 heavy (non-hydrogen) atoms. The molecule has 0 saturated carbocycles. The van der Waals surface area contributed by atoms with Crippen molar-refractivity contribution in [2.75, 3.05) is 20.8 Å². The van der Waals surface area contributed by atoms with Crippen molar-refractivity contribution in [3.63, 3.8) is 0 Å². The smallest absolute Gasteiger partial charge is 0.356 e. The summed E-state index contributed by atoms with van der Waals surface area (Å²) in [4.78, 5) is 16.1. The molecule has 1 aliphatic rings. The van der Waals surface area contributed by atoms with Crippen molar-refractivity contribution in [3.05, 3.63) is 40.3 Å². The summed E-state index contributed by atoms with van der Waals surface area (Å²) in [6.45, 7) is 2.62. The number of benzene rings is 1. The first-order valence-corrected chi connectivity index (χ1v) is 7.52. The second-order valence-corrected chi connectivity index (χ2v) is 5.32. The van der Waals surface area contributed by atoms with E-state index in [0.717, 1.165) is 5.70 Å². The minimum atomic E-state index is -0.573. The van der Waals surface area contributed by atoms with Crippen LogP contribution >= 0.6 is 11.6 Å². The largest absolute Gasteiger partial charge is 0.492 e. The van der Waals surface area contributed by atoms with Gasteiger partial charge in [0.1, 0.15) is 5.71 Å². The Kier molecular flexibility index (Phi) is 5.60. The molecule has 1 N–H and O–H groups in total. The lowest BCUT2D eigenvalue weighted by Crippen LogP contribution is -2.24. The first-order valence-electron chi connectivity index (χ1n) is 7.14. The monoisotopic (exact) mass is 340 g/mol. The molecule has 2 rings (SSSR count). The van der Waals surface area contributed by atoms with E-state index < -0.39 is 17.8 Å². The number of carbonyl (C=O) groups excluding carboxylic acids is 1. The van der Waals surface area contributed by atoms with Crippen LogP contribution in [-0.2, 0) is 9.53 Å². The topological polar surface area (TPSA) is 59.9 Å². The van der Waals surface area contributed by atoms with Crippen LogP contribution in [0.15, 0.2) is 28.9 Å². The summed E-state index contributed by atoms with van der Waals surface area (Å²) in [6.07, 6.45) is 2.06. The zero-order valence-corrected chi connectivity index (χ0v) is 13.9. The van der Waals surface area contributed by atoms with Crippen LogP contribution in [0.3, 0.4) is 0 Å². The Morgan fingerprint density at radius 3 is 2.83 bits per heavy atom. The highest BCUT2D eigenvalue weighted by Gasteiger charge is 2.26. The van der Waals surface area contributed by atoms with Crippen LogP contribution in [0, 0.1) is 5.82 Å². The summed E-state index contributed by atoms with van der Waals surface area (Å²) < 4.78 is 24.3. The molecule has 0 aliphatic carbocycles. The molecule has 0 spiro atoms. The number of aliphatic imine (C=N–C) groups is 1. The zero-order valence-electron chi connectivity index (χ0n) is 13.2. The molecular weight excluding hydrogens is 323 g/mol. The molecule has 7 heteroatoms. The summed E-state index contributed by atoms with van der Waals surface area (Å²) in [5.41, 5.74) is 1.25. The highest BCUT2D eigenvalue weighted by atomic mass is 35.5. The Balaban J connectivity index is 2.45. The molecule has 0 amide bonds. The van der Waals surface area contributed by atoms with Gasteiger partial charge < -0.3 is 14.8 Å². The van der Waals surface area contributed by atoms with Crippen LogP contribution in [0.4, 0.5) is 4.39 Å². The summed E-state index contributed by atoms with van der Waals surface area (Å²) in [5, 5.41) is 3.33. The average Bonchev–Trinajstić information content (AvgIpc) is 2.54. The number of hydrogen-bond donors (Lipinski definition) is 1. The van der Waals surface area contributed by atoms with Crippen LogP contribution in [0.5, 0.6) is 5.75 Å². The summed E-state index contributed by atoms with van der Waals surface area (Å²) in [6, 6.07) is 2.55. The summed E-state index contributed by atoms with van der Waals surface area (Å²) in [7, 11) is 2.63. The number of dihydropyridines is 1. The van der Waals surface area contributed by atoms with Gasteiger partial charge in [0.15, 0.2) is 11.6 Å². The van der Waals surface area contributed by atoms with E-state index in [1.807, 2.05) is 6.92 Å². The zero-order chi connectivity index (χ0) is 17.0. The van der Waals surface area contributed by atoms with E-state index in [9.17, 15) is 9.18 Å². The van der Waals surface area contributed by atoms with Crippen molar-refractivity contribution < 1.29 is 18.7 Å². The number of halogens is 2. The third kappa shape index (κ3) is 3.64. The number of ether oxygens (including phenoxy) is 2. The molecule has 1 aromatic rings. The number of esters is 1. The van der Waals surface area contributed by atoms with Gasteiger partial charge in [0.2, 0.25) is 0 Å². The van der Waals surface area contributed by atoms with Gasteiger partial charge in [0.05, 0.1) is 25.3 Å². The second kappa shape index (κ2) is 7.46. The Bertz CT molecular complexity index is 674. The van der Waals surface area contributed by atoms with E-state index in [0.29, 0.717) is 18.5 Å². The van der Waals surface area contributed by atoms with Crippen LogP contribution < -0.4 is 10.1 Å². The van der Waals surface area contributed by atoms with Crippen LogP contribution in [0.25, 0.3) is 0 Å². The predicted octanol–water partition coefficient (Wildman–Crippen LogP) is 3.04. The van der Waals surface area contributed by atoms with Crippen molar-refractivity contribution in [1.29, 1.82) is 0 Å². The van der Waals surface area contributed by atoms with E-state index in [4.69, 9.17) is 21.1 Å². The number of methoxy groups -OCH3 is 2. The first-order chi connectivity index (χ1) is 11.0. The summed E-state index contributed by atoms with van der Waals surface area (Å²) >= 11 is 5.92. The maximum Gasteiger partial charge on any atom is 0.356 e. The van der Waals surface area contributed by atoms with Gasteiger partial charge in [-0.1, -0.05) is 17.7 Å². The first kappa shape index (κ1) is 17.3. The lowest BCUT2D eigenvalue weighted by Gasteiger charge is -2.22. The minimum Gasteiger partial charge on any atom is -0.492 e. The van der Waals surface area contributed by atoms with Crippen LogP contribution in [0.1, 0.15) is 24.9 Å². The summed E-state index contributed by atoms with van der Waals surface area (Å²) in [5.74, 6) is -1.17. The van der Waals surface area contributed by atoms with Gasteiger partial charge in [-0.2, -0.15) is 0 Å². The second-order valence-electron chi connectivity index (χ2n) is 4.91. The number of carbonyl (C=O) groups is 1. The molecule has 0 bridgehead atoms. The number of nitrogens with one attached hydrogen (secondary N) is 1. The van der Waals surface area contributed by atoms with Gasteiger partial charge in [-0.15, -0.1) is 0 Å². The van der Waals surface area contributed by atoms with E-state index in [1.54, 1.807) is 18.2 Å². The predicted molar refractivity (Wildman–Crippen MR) is 86.5 cm³/mol. The number of nitrogens with zero attached hydrogens (tertiary/aromatic N) is 1. The molecule has 124 valence electrons. The van der Waals surface area contributed by atoms with Gasteiger partial charge in [-0.25, -0.2) is 9.18 Å². The minimum absolute atomic E-state index is 0.0291. The molecule has 1 aliphatic heterocycles. The van der Waals surface area contributed by atoms with Crippen LogP contribution in [0.2, 0.25) is 5.02 Å². The van der Waals surface area contributed by atoms with Crippen molar-refractivity contribution in [2.24, 2.45) is 4.99 Å². The maximum absolute atomic E-state index is 14.6. The Morgan fingerprint density at radius 2 is 2.22 bits per heavy atom. The Labute approximate surface area is 139 Å². The third-order valence-electron chi connectivity index (χ3n) is 3.46. The number of hydrogen-bond acceptors (Lipinski definition) is 5. The molecule has 5 nitrogen and oxygen atoms in total. The van der Waals surface area contributed by atoms with Crippen LogP contribution in [-0.4, -0.2) is 32.4 Å². The lowest BCUT2D eigenvalue weighted by molar-refractivity contribution is -0.132. The van der Waals surface area contributed by atoms with E-state index in [-0.39, 0.29) is 16.5 Å². The molecule has 0 fully saturated rings. The fraction of sp³-hybridized carbons (Fsp3) is 0.375. The molecular formula is C16H18ClFN2O3. The molecule has 1 unspecified atom stereocenters. The van der Waals surface area contributed by atoms with Gasteiger partial charge in [0.25, 0.3) is 0 Å². The van der Waals surface area contributed by atoms with Crippen molar-refractivity contribution in [3.8, 4) is 5.75 Å². The Hall–Kier alpha value is -2.08. The fourth-order valence-corrected chi connectivity index (χ4v) is 2.64. The highest BCUT2D eigenvalue weighted by molar-refractivity contribution is 6.41. The normalized spacial score (nSPS) is 17.2. The quantitative estimate of drug-likeness (QED) is 0.837. The molecule has 0 radical (unpaired) electrons. The van der Waals surface area contributed by atoms with Gasteiger partial charge in [0, 0.05) is 24.2 Å². The van der Waals surface area contributed by atoms with E-state index >= 15 is 0 Å². The molecule has 0 saturated heterocycles. The molecule has 1 heterocycles. The lowest BCUT2D eigenvalue weighted by atomic mass is 9.98. The van der Waals surface area contributed by atoms with E-state index in [2.05, 4.69) is 10.3 Å². The van der Waals surface area contributed by atoms with E-state index in [1.165, 1.54) is 14.2 Å². The van der Waals surface area contributed by atoms with Gasteiger partial charge in [-0.3, -0.25) is 4.99 Å². The van der Waals surface area contributed by atoms with Gasteiger partial charge in [-0.05, 0) is 19.1 Å². The van der Waals surface area contributed by atoms with Crippen molar-refractivity contribution in [1.82, 2.24) is 5.32 Å².